The molecule has 0 aliphatic rings. The molecule has 174 valence electrons. The third-order valence-corrected chi connectivity index (χ3v) is 5.30. The predicted octanol–water partition coefficient (Wildman–Crippen LogP) is 6.04. The van der Waals surface area contributed by atoms with Crippen LogP contribution >= 0.6 is 0 Å². The van der Waals surface area contributed by atoms with Crippen LogP contribution in [0.1, 0.15) is 5.56 Å². The molecule has 0 aliphatic heterocycles. The normalized spacial score (nSPS) is 10.5. The van der Waals surface area contributed by atoms with E-state index in [9.17, 15) is 4.79 Å². The molecule has 3 aromatic carbocycles. The molecule has 0 atom stereocenters. The molecule has 3 N–H and O–H groups in total. The van der Waals surface area contributed by atoms with Gasteiger partial charge in [0, 0.05) is 47.8 Å². The summed E-state index contributed by atoms with van der Waals surface area (Å²) >= 11 is 0. The number of urea groups is 1. The number of rotatable bonds is 7. The van der Waals surface area contributed by atoms with Gasteiger partial charge in [0.2, 0.25) is 0 Å². The van der Waals surface area contributed by atoms with Gasteiger partial charge in [-0.15, -0.1) is 0 Å². The molecule has 0 radical (unpaired) electrons. The molecule has 0 saturated carbocycles. The Labute approximate surface area is 197 Å². The molecule has 8 heteroatoms. The number of aryl methyl sites for hydroxylation is 1. The van der Waals surface area contributed by atoms with Crippen LogP contribution in [-0.4, -0.2) is 32.3 Å². The number of carbonyl (C=O) groups excluding carboxylic acids is 1. The average molecular weight is 459 g/mol. The highest BCUT2D eigenvalue weighted by Crippen LogP contribution is 2.37. The van der Waals surface area contributed by atoms with Crippen molar-refractivity contribution < 1.29 is 19.0 Å². The van der Waals surface area contributed by atoms with E-state index in [1.807, 2.05) is 56.4 Å². The van der Waals surface area contributed by atoms with Crippen molar-refractivity contribution in [3.63, 3.8) is 0 Å². The number of anilines is 3. The van der Waals surface area contributed by atoms with Gasteiger partial charge in [-0.25, -0.2) is 4.79 Å². The Bertz CT molecular complexity index is 1320. The number of nitrogens with zero attached hydrogens (tertiary/aromatic N) is 1. The van der Waals surface area contributed by atoms with Crippen LogP contribution in [0, 0.1) is 6.92 Å². The number of hydrogen-bond acceptors (Lipinski definition) is 6. The SMILES string of the molecule is CNc1ccc(NC(=O)Nc2ccc(C)c(Oc3ccnc4cc(OC)c(OC)cc34)c2)cc1. The van der Waals surface area contributed by atoms with Crippen LogP contribution in [0.5, 0.6) is 23.0 Å². The zero-order chi connectivity index (χ0) is 24.1. The molecular weight excluding hydrogens is 432 g/mol. The van der Waals surface area contributed by atoms with Crippen molar-refractivity contribution >= 4 is 34.0 Å². The lowest BCUT2D eigenvalue weighted by molar-refractivity contribution is 0.262. The number of fused-ring (bicyclic) bond motifs is 1. The number of benzene rings is 3. The summed E-state index contributed by atoms with van der Waals surface area (Å²) in [7, 11) is 5.01. The summed E-state index contributed by atoms with van der Waals surface area (Å²) in [5.41, 5.74) is 3.88. The highest BCUT2D eigenvalue weighted by molar-refractivity contribution is 6.00. The Kier molecular flexibility index (Phi) is 6.68. The van der Waals surface area contributed by atoms with Crippen molar-refractivity contribution in [3.8, 4) is 23.0 Å². The van der Waals surface area contributed by atoms with Gasteiger partial charge in [-0.3, -0.25) is 4.98 Å². The lowest BCUT2D eigenvalue weighted by Gasteiger charge is -2.15. The molecule has 1 heterocycles. The van der Waals surface area contributed by atoms with Crippen LogP contribution in [0.25, 0.3) is 10.9 Å². The maximum absolute atomic E-state index is 12.5. The van der Waals surface area contributed by atoms with Gasteiger partial charge >= 0.3 is 6.03 Å². The quantitative estimate of drug-likeness (QED) is 0.313. The van der Waals surface area contributed by atoms with Gasteiger partial charge in [0.05, 0.1) is 19.7 Å². The molecule has 0 unspecified atom stereocenters. The first-order chi connectivity index (χ1) is 16.5. The van der Waals surface area contributed by atoms with Gasteiger partial charge in [-0.05, 0) is 55.0 Å². The molecule has 1 aromatic heterocycles. The third kappa shape index (κ3) is 4.96. The fraction of sp³-hybridized carbons (Fsp3) is 0.154. The predicted molar refractivity (Wildman–Crippen MR) is 135 cm³/mol. The van der Waals surface area contributed by atoms with Crippen LogP contribution in [0.4, 0.5) is 21.9 Å². The molecule has 0 aliphatic carbocycles. The van der Waals surface area contributed by atoms with Crippen LogP contribution < -0.4 is 30.2 Å². The smallest absolute Gasteiger partial charge is 0.323 e. The molecule has 2 amide bonds. The standard InChI is InChI=1S/C26H26N4O4/c1-16-5-6-19(30-26(31)29-18-9-7-17(27-2)8-10-18)13-23(16)34-22-11-12-28-21-15-25(33-4)24(32-3)14-20(21)22/h5-15,27H,1-4H3,(H2,29,30,31). The number of methoxy groups -OCH3 is 2. The third-order valence-electron chi connectivity index (χ3n) is 5.30. The van der Waals surface area contributed by atoms with Crippen LogP contribution in [-0.2, 0) is 0 Å². The Balaban J connectivity index is 1.55. The van der Waals surface area contributed by atoms with Crippen molar-refractivity contribution in [2.75, 3.05) is 37.2 Å². The average Bonchev–Trinajstić information content (AvgIpc) is 2.85. The summed E-state index contributed by atoms with van der Waals surface area (Å²) in [6.07, 6.45) is 1.67. The minimum atomic E-state index is -0.349. The first-order valence-electron chi connectivity index (χ1n) is 10.7. The van der Waals surface area contributed by atoms with Gasteiger partial charge in [0.1, 0.15) is 11.5 Å². The number of amides is 2. The van der Waals surface area contributed by atoms with E-state index in [1.165, 1.54) is 0 Å². The molecular formula is C26H26N4O4. The van der Waals surface area contributed by atoms with Gasteiger partial charge in [-0.2, -0.15) is 0 Å². The lowest BCUT2D eigenvalue weighted by Crippen LogP contribution is -2.19. The number of nitrogens with one attached hydrogen (secondary N) is 3. The Morgan fingerprint density at radius 1 is 0.765 bits per heavy atom. The van der Waals surface area contributed by atoms with Crippen molar-refractivity contribution in [2.24, 2.45) is 0 Å². The minimum Gasteiger partial charge on any atom is -0.493 e. The number of pyridine rings is 1. The second-order valence-electron chi connectivity index (χ2n) is 7.52. The molecule has 0 saturated heterocycles. The minimum absolute atomic E-state index is 0.349. The fourth-order valence-electron chi connectivity index (χ4n) is 3.46. The van der Waals surface area contributed by atoms with Crippen molar-refractivity contribution in [1.82, 2.24) is 4.98 Å². The Morgan fingerprint density at radius 3 is 2.12 bits per heavy atom. The molecule has 4 rings (SSSR count). The van der Waals surface area contributed by atoms with E-state index in [0.29, 0.717) is 39.9 Å². The summed E-state index contributed by atoms with van der Waals surface area (Å²) in [5, 5.41) is 9.49. The van der Waals surface area contributed by atoms with E-state index in [4.69, 9.17) is 14.2 Å². The van der Waals surface area contributed by atoms with E-state index in [1.54, 1.807) is 38.6 Å². The van der Waals surface area contributed by atoms with Crippen LogP contribution in [0.3, 0.4) is 0 Å². The number of carbonyl (C=O) groups is 1. The summed E-state index contributed by atoms with van der Waals surface area (Å²) in [5.74, 6) is 2.40. The largest absolute Gasteiger partial charge is 0.493 e. The van der Waals surface area contributed by atoms with Crippen LogP contribution in [0.2, 0.25) is 0 Å². The maximum atomic E-state index is 12.5. The fourth-order valence-corrected chi connectivity index (χ4v) is 3.46. The highest BCUT2D eigenvalue weighted by Gasteiger charge is 2.13. The number of ether oxygens (including phenoxy) is 3. The van der Waals surface area contributed by atoms with Gasteiger partial charge in [0.25, 0.3) is 0 Å². The van der Waals surface area contributed by atoms with Gasteiger partial charge < -0.3 is 30.2 Å². The first kappa shape index (κ1) is 22.7. The zero-order valence-corrected chi connectivity index (χ0v) is 19.4. The molecule has 0 bridgehead atoms. The maximum Gasteiger partial charge on any atom is 0.323 e. The van der Waals surface area contributed by atoms with E-state index in [-0.39, 0.29) is 6.03 Å². The molecule has 34 heavy (non-hydrogen) atoms. The lowest BCUT2D eigenvalue weighted by atomic mass is 10.1. The molecule has 0 fully saturated rings. The summed E-state index contributed by atoms with van der Waals surface area (Å²) < 4.78 is 17.1. The Hall–Kier alpha value is -4.46. The van der Waals surface area contributed by atoms with E-state index < -0.39 is 0 Å². The van der Waals surface area contributed by atoms with Gasteiger partial charge in [-0.1, -0.05) is 6.07 Å². The van der Waals surface area contributed by atoms with E-state index in [0.717, 1.165) is 16.6 Å². The summed E-state index contributed by atoms with van der Waals surface area (Å²) in [6.45, 7) is 1.94. The topological polar surface area (TPSA) is 93.7 Å². The monoisotopic (exact) mass is 458 g/mol. The zero-order valence-electron chi connectivity index (χ0n) is 19.4. The number of hydrogen-bond donors (Lipinski definition) is 3. The highest BCUT2D eigenvalue weighted by atomic mass is 16.5. The molecule has 0 spiro atoms. The van der Waals surface area contributed by atoms with E-state index in [2.05, 4.69) is 20.9 Å². The molecule has 4 aromatic rings. The second-order valence-corrected chi connectivity index (χ2v) is 7.52. The van der Waals surface area contributed by atoms with Gasteiger partial charge in [0.15, 0.2) is 11.5 Å². The Morgan fingerprint density at radius 2 is 1.41 bits per heavy atom. The van der Waals surface area contributed by atoms with Crippen molar-refractivity contribution in [1.29, 1.82) is 0 Å². The van der Waals surface area contributed by atoms with Crippen molar-refractivity contribution in [2.45, 2.75) is 6.92 Å². The molecule has 8 nitrogen and oxygen atoms in total. The number of aromatic nitrogens is 1. The van der Waals surface area contributed by atoms with Crippen LogP contribution in [0.15, 0.2) is 66.9 Å². The van der Waals surface area contributed by atoms with E-state index >= 15 is 0 Å². The first-order valence-corrected chi connectivity index (χ1v) is 10.7. The summed E-state index contributed by atoms with van der Waals surface area (Å²) in [4.78, 5) is 16.9. The van der Waals surface area contributed by atoms with Crippen molar-refractivity contribution in [3.05, 3.63) is 72.4 Å². The second kappa shape index (κ2) is 9.99. The summed E-state index contributed by atoms with van der Waals surface area (Å²) in [6, 6.07) is 18.0.